The van der Waals surface area contributed by atoms with Crippen LogP contribution in [0, 0.1) is 5.92 Å². The molecule has 0 amide bonds. The minimum absolute atomic E-state index is 0.280. The number of phenols is 1. The molecule has 0 atom stereocenters. The lowest BCUT2D eigenvalue weighted by Gasteiger charge is -2.09. The number of hydrogen-bond donors (Lipinski definition) is 1. The lowest BCUT2D eigenvalue weighted by molar-refractivity contribution is 0.288. The summed E-state index contributed by atoms with van der Waals surface area (Å²) in [5, 5.41) is 9.70. The van der Waals surface area contributed by atoms with Crippen LogP contribution >= 0.6 is 0 Å². The van der Waals surface area contributed by atoms with Crippen molar-refractivity contribution in [1.82, 2.24) is 0 Å². The van der Waals surface area contributed by atoms with Gasteiger partial charge in [0.2, 0.25) is 0 Å². The molecule has 0 heterocycles. The number of hydrogen-bond acceptors (Lipinski definition) is 2. The molecule has 0 radical (unpaired) electrons. The van der Waals surface area contributed by atoms with Crippen molar-refractivity contribution in [1.29, 1.82) is 0 Å². The Hall–Kier alpha value is -1.44. The highest BCUT2D eigenvalue weighted by Crippen LogP contribution is 2.24. The standard InChI is InChI=1S/C14H20O2/c1-4-5-12-6-7-13(10-14(12)15)16-9-8-11(2)3/h4,6-7,10-11,15H,1,5,8-9H2,2-3H3. The van der Waals surface area contributed by atoms with E-state index in [0.29, 0.717) is 18.9 Å². The van der Waals surface area contributed by atoms with Gasteiger partial charge in [0, 0.05) is 6.07 Å². The fourth-order valence-corrected chi connectivity index (χ4v) is 1.37. The summed E-state index contributed by atoms with van der Waals surface area (Å²) in [6.45, 7) is 8.66. The quantitative estimate of drug-likeness (QED) is 0.743. The number of ether oxygens (including phenoxy) is 1. The van der Waals surface area contributed by atoms with Gasteiger partial charge < -0.3 is 9.84 Å². The maximum absolute atomic E-state index is 9.70. The molecule has 2 nitrogen and oxygen atoms in total. The summed E-state index contributed by atoms with van der Waals surface area (Å²) in [6, 6.07) is 5.43. The van der Waals surface area contributed by atoms with E-state index in [1.807, 2.05) is 12.1 Å². The maximum atomic E-state index is 9.70. The van der Waals surface area contributed by atoms with Gasteiger partial charge in [0.15, 0.2) is 0 Å². The van der Waals surface area contributed by atoms with Crippen molar-refractivity contribution in [2.45, 2.75) is 26.7 Å². The molecule has 0 aromatic heterocycles. The van der Waals surface area contributed by atoms with Gasteiger partial charge in [-0.15, -0.1) is 6.58 Å². The molecular formula is C14H20O2. The molecule has 88 valence electrons. The van der Waals surface area contributed by atoms with E-state index in [4.69, 9.17) is 4.74 Å². The summed E-state index contributed by atoms with van der Waals surface area (Å²) in [4.78, 5) is 0. The second kappa shape index (κ2) is 6.21. The van der Waals surface area contributed by atoms with Gasteiger partial charge in [0.05, 0.1) is 6.61 Å². The molecule has 0 aliphatic rings. The first kappa shape index (κ1) is 12.6. The van der Waals surface area contributed by atoms with Gasteiger partial charge in [-0.05, 0) is 30.4 Å². The minimum atomic E-state index is 0.280. The topological polar surface area (TPSA) is 29.5 Å². The molecule has 1 aromatic rings. The van der Waals surface area contributed by atoms with Crippen LogP contribution in [0.25, 0.3) is 0 Å². The van der Waals surface area contributed by atoms with Crippen molar-refractivity contribution in [3.63, 3.8) is 0 Å². The molecule has 0 saturated carbocycles. The third-order valence-electron chi connectivity index (χ3n) is 2.38. The van der Waals surface area contributed by atoms with Crippen LogP contribution in [0.15, 0.2) is 30.9 Å². The molecule has 1 aromatic carbocycles. The molecular weight excluding hydrogens is 200 g/mol. The van der Waals surface area contributed by atoms with Crippen LogP contribution < -0.4 is 4.74 Å². The highest BCUT2D eigenvalue weighted by Gasteiger charge is 2.02. The van der Waals surface area contributed by atoms with E-state index in [1.165, 1.54) is 0 Å². The highest BCUT2D eigenvalue weighted by molar-refractivity contribution is 5.40. The number of phenolic OH excluding ortho intramolecular Hbond substituents is 1. The monoisotopic (exact) mass is 220 g/mol. The molecule has 16 heavy (non-hydrogen) atoms. The summed E-state index contributed by atoms with van der Waals surface area (Å²) in [6.07, 6.45) is 3.47. The van der Waals surface area contributed by atoms with Crippen molar-refractivity contribution in [3.05, 3.63) is 36.4 Å². The molecule has 1 rings (SSSR count). The molecule has 0 spiro atoms. The van der Waals surface area contributed by atoms with Crippen molar-refractivity contribution in [3.8, 4) is 11.5 Å². The summed E-state index contributed by atoms with van der Waals surface area (Å²) in [5.41, 5.74) is 0.881. The predicted octanol–water partition coefficient (Wildman–Crippen LogP) is 3.55. The average Bonchev–Trinajstić information content (AvgIpc) is 2.21. The Kier molecular flexibility index (Phi) is 4.90. The Morgan fingerprint density at radius 1 is 1.44 bits per heavy atom. The molecule has 0 aliphatic heterocycles. The van der Waals surface area contributed by atoms with E-state index in [1.54, 1.807) is 12.1 Å². The third kappa shape index (κ3) is 3.97. The van der Waals surface area contributed by atoms with Crippen molar-refractivity contribution < 1.29 is 9.84 Å². The number of allylic oxidation sites excluding steroid dienone is 1. The Morgan fingerprint density at radius 3 is 2.75 bits per heavy atom. The number of aromatic hydroxyl groups is 1. The summed E-state index contributed by atoms with van der Waals surface area (Å²) < 4.78 is 5.54. The van der Waals surface area contributed by atoms with Crippen molar-refractivity contribution >= 4 is 0 Å². The first-order valence-electron chi connectivity index (χ1n) is 5.69. The van der Waals surface area contributed by atoms with E-state index >= 15 is 0 Å². The first-order chi connectivity index (χ1) is 7.63. The third-order valence-corrected chi connectivity index (χ3v) is 2.38. The molecule has 2 heteroatoms. The normalized spacial score (nSPS) is 10.4. The van der Waals surface area contributed by atoms with Crippen LogP contribution in [0.2, 0.25) is 0 Å². The zero-order valence-corrected chi connectivity index (χ0v) is 10.1. The zero-order valence-electron chi connectivity index (χ0n) is 10.1. The lowest BCUT2D eigenvalue weighted by atomic mass is 10.1. The van der Waals surface area contributed by atoms with E-state index in [-0.39, 0.29) is 5.75 Å². The number of benzene rings is 1. The van der Waals surface area contributed by atoms with Crippen LogP contribution in [0.3, 0.4) is 0 Å². The molecule has 0 unspecified atom stereocenters. The molecule has 0 fully saturated rings. The van der Waals surface area contributed by atoms with Gasteiger partial charge in [0.25, 0.3) is 0 Å². The second-order valence-corrected chi connectivity index (χ2v) is 4.31. The van der Waals surface area contributed by atoms with Crippen molar-refractivity contribution in [2.24, 2.45) is 5.92 Å². The molecule has 0 saturated heterocycles. The minimum Gasteiger partial charge on any atom is -0.508 e. The molecule has 1 N–H and O–H groups in total. The summed E-state index contributed by atoms with van der Waals surface area (Å²) >= 11 is 0. The summed E-state index contributed by atoms with van der Waals surface area (Å²) in [5.74, 6) is 1.64. The first-order valence-corrected chi connectivity index (χ1v) is 5.69. The predicted molar refractivity (Wildman–Crippen MR) is 67.0 cm³/mol. The summed E-state index contributed by atoms with van der Waals surface area (Å²) in [7, 11) is 0. The van der Waals surface area contributed by atoms with Crippen LogP contribution in [-0.4, -0.2) is 11.7 Å². The zero-order chi connectivity index (χ0) is 12.0. The van der Waals surface area contributed by atoms with Crippen LogP contribution in [0.5, 0.6) is 11.5 Å². The van der Waals surface area contributed by atoms with E-state index in [0.717, 1.165) is 17.7 Å². The fraction of sp³-hybridized carbons (Fsp3) is 0.429. The van der Waals surface area contributed by atoms with Crippen LogP contribution in [0.4, 0.5) is 0 Å². The van der Waals surface area contributed by atoms with E-state index in [9.17, 15) is 5.11 Å². The lowest BCUT2D eigenvalue weighted by Crippen LogP contribution is -2.01. The Labute approximate surface area is 97.6 Å². The van der Waals surface area contributed by atoms with Crippen molar-refractivity contribution in [2.75, 3.05) is 6.61 Å². The van der Waals surface area contributed by atoms with Crippen LogP contribution in [0.1, 0.15) is 25.8 Å². The smallest absolute Gasteiger partial charge is 0.122 e. The van der Waals surface area contributed by atoms with Gasteiger partial charge in [0.1, 0.15) is 11.5 Å². The molecule has 0 aliphatic carbocycles. The highest BCUT2D eigenvalue weighted by atomic mass is 16.5. The van der Waals surface area contributed by atoms with Gasteiger partial charge >= 0.3 is 0 Å². The van der Waals surface area contributed by atoms with Gasteiger partial charge in [-0.25, -0.2) is 0 Å². The largest absolute Gasteiger partial charge is 0.508 e. The average molecular weight is 220 g/mol. The van der Waals surface area contributed by atoms with E-state index < -0.39 is 0 Å². The Balaban J connectivity index is 2.55. The van der Waals surface area contributed by atoms with Gasteiger partial charge in [-0.1, -0.05) is 26.0 Å². The molecule has 0 bridgehead atoms. The Morgan fingerprint density at radius 2 is 2.19 bits per heavy atom. The van der Waals surface area contributed by atoms with Crippen LogP contribution in [-0.2, 0) is 6.42 Å². The Bertz CT molecular complexity index is 343. The fourth-order valence-electron chi connectivity index (χ4n) is 1.37. The second-order valence-electron chi connectivity index (χ2n) is 4.31. The number of rotatable bonds is 6. The SMILES string of the molecule is C=CCc1ccc(OCCC(C)C)cc1O. The van der Waals surface area contributed by atoms with Gasteiger partial charge in [-0.3, -0.25) is 0 Å². The maximum Gasteiger partial charge on any atom is 0.122 e. The van der Waals surface area contributed by atoms with E-state index in [2.05, 4.69) is 20.4 Å². The van der Waals surface area contributed by atoms with Gasteiger partial charge in [-0.2, -0.15) is 0 Å².